The molecule has 0 spiro atoms. The Hall–Kier alpha value is -0.610. The molecule has 20 heavy (non-hydrogen) atoms. The molecule has 0 saturated heterocycles. The summed E-state index contributed by atoms with van der Waals surface area (Å²) in [6.45, 7) is 0.572. The fraction of sp³-hybridized carbons (Fsp3) is 0.533. The smallest absolute Gasteiger partial charge is 0.254 e. The normalized spacial score (nSPS) is 22.6. The largest absolute Gasteiger partial charge is 0.352 e. The molecule has 0 heterocycles. The average molecular weight is 363 g/mol. The molecule has 0 aliphatic heterocycles. The second-order valence-corrected chi connectivity index (χ2v) is 6.52. The molecular weight excluding hydrogens is 345 g/mol. The van der Waals surface area contributed by atoms with Gasteiger partial charge in [-0.25, -0.2) is 4.39 Å². The summed E-state index contributed by atoms with van der Waals surface area (Å²) < 4.78 is 14.3. The highest BCUT2D eigenvalue weighted by Gasteiger charge is 2.25. The lowest BCUT2D eigenvalue weighted by Gasteiger charge is -2.30. The van der Waals surface area contributed by atoms with Gasteiger partial charge in [0.1, 0.15) is 5.82 Å². The fourth-order valence-electron chi connectivity index (χ4n) is 2.75. The van der Waals surface area contributed by atoms with Gasteiger partial charge in [-0.15, -0.1) is 11.6 Å². The highest BCUT2D eigenvalue weighted by molar-refractivity contribution is 9.10. The van der Waals surface area contributed by atoms with E-state index < -0.39 is 5.82 Å². The SMILES string of the molecule is O=C(NCC1CCCCC1CCl)c1cc(Br)ccc1F. The van der Waals surface area contributed by atoms with Gasteiger partial charge in [0.15, 0.2) is 0 Å². The Morgan fingerprint density at radius 2 is 2.05 bits per heavy atom. The standard InChI is InChI=1S/C15H18BrClFNO/c16-12-5-6-14(18)13(7-12)15(20)19-9-11-4-2-1-3-10(11)8-17/h5-7,10-11H,1-4,8-9H2,(H,19,20). The van der Waals surface area contributed by atoms with Crippen LogP contribution in [0.2, 0.25) is 0 Å². The first kappa shape index (κ1) is 15.8. The Balaban J connectivity index is 1.96. The van der Waals surface area contributed by atoms with E-state index in [1.54, 1.807) is 6.07 Å². The summed E-state index contributed by atoms with van der Waals surface area (Å²) in [6.07, 6.45) is 4.59. The first-order chi connectivity index (χ1) is 9.61. The minimum Gasteiger partial charge on any atom is -0.352 e. The predicted molar refractivity (Wildman–Crippen MR) is 82.6 cm³/mol. The van der Waals surface area contributed by atoms with Crippen molar-refractivity contribution in [2.24, 2.45) is 11.8 Å². The molecule has 1 aromatic carbocycles. The van der Waals surface area contributed by atoms with Crippen LogP contribution in [0.15, 0.2) is 22.7 Å². The fourth-order valence-corrected chi connectivity index (χ4v) is 3.51. The molecule has 0 aromatic heterocycles. The van der Waals surface area contributed by atoms with Crippen molar-refractivity contribution < 1.29 is 9.18 Å². The van der Waals surface area contributed by atoms with Gasteiger partial charge >= 0.3 is 0 Å². The number of hydrogen-bond donors (Lipinski definition) is 1. The number of carbonyl (C=O) groups is 1. The minimum absolute atomic E-state index is 0.0811. The summed E-state index contributed by atoms with van der Waals surface area (Å²) in [7, 11) is 0. The second-order valence-electron chi connectivity index (χ2n) is 5.29. The summed E-state index contributed by atoms with van der Waals surface area (Å²) in [4.78, 5) is 12.1. The van der Waals surface area contributed by atoms with E-state index in [4.69, 9.17) is 11.6 Å². The summed E-state index contributed by atoms with van der Waals surface area (Å²) in [5.74, 6) is 0.635. The molecule has 0 bridgehead atoms. The van der Waals surface area contributed by atoms with Gasteiger partial charge in [-0.1, -0.05) is 28.8 Å². The van der Waals surface area contributed by atoms with Crippen LogP contribution in [-0.4, -0.2) is 18.3 Å². The van der Waals surface area contributed by atoms with Gasteiger partial charge in [0, 0.05) is 16.9 Å². The Labute approximate surface area is 132 Å². The van der Waals surface area contributed by atoms with Crippen LogP contribution in [0.5, 0.6) is 0 Å². The van der Waals surface area contributed by atoms with Crippen molar-refractivity contribution in [3.63, 3.8) is 0 Å². The summed E-state index contributed by atoms with van der Waals surface area (Å²) >= 11 is 9.22. The first-order valence-electron chi connectivity index (χ1n) is 6.91. The van der Waals surface area contributed by atoms with Gasteiger partial charge < -0.3 is 5.32 Å². The Morgan fingerprint density at radius 1 is 1.35 bits per heavy atom. The quantitative estimate of drug-likeness (QED) is 0.792. The zero-order valence-electron chi connectivity index (χ0n) is 11.2. The van der Waals surface area contributed by atoms with Gasteiger partial charge in [0.25, 0.3) is 5.91 Å². The van der Waals surface area contributed by atoms with Crippen LogP contribution in [0.4, 0.5) is 4.39 Å². The van der Waals surface area contributed by atoms with Crippen LogP contribution in [0.25, 0.3) is 0 Å². The molecule has 2 rings (SSSR count). The van der Waals surface area contributed by atoms with E-state index in [0.717, 1.165) is 12.8 Å². The molecule has 1 aliphatic rings. The third-order valence-corrected chi connectivity index (χ3v) is 4.85. The van der Waals surface area contributed by atoms with E-state index in [1.165, 1.54) is 25.0 Å². The van der Waals surface area contributed by atoms with Gasteiger partial charge in [0.2, 0.25) is 0 Å². The molecule has 5 heteroatoms. The van der Waals surface area contributed by atoms with Crippen molar-refractivity contribution >= 4 is 33.4 Å². The second kappa shape index (κ2) is 7.41. The molecule has 1 amide bonds. The maximum atomic E-state index is 13.6. The van der Waals surface area contributed by atoms with Crippen LogP contribution in [0, 0.1) is 17.7 Å². The van der Waals surface area contributed by atoms with Crippen molar-refractivity contribution in [3.05, 3.63) is 34.1 Å². The molecule has 1 fully saturated rings. The highest BCUT2D eigenvalue weighted by Crippen LogP contribution is 2.30. The lowest BCUT2D eigenvalue weighted by atomic mass is 9.80. The van der Waals surface area contributed by atoms with Gasteiger partial charge in [-0.05, 0) is 42.9 Å². The number of amides is 1. The average Bonchev–Trinajstić information content (AvgIpc) is 2.47. The molecule has 2 unspecified atom stereocenters. The van der Waals surface area contributed by atoms with Crippen LogP contribution in [0.1, 0.15) is 36.0 Å². The molecule has 1 aromatic rings. The number of nitrogens with one attached hydrogen (secondary N) is 1. The van der Waals surface area contributed by atoms with Crippen LogP contribution >= 0.6 is 27.5 Å². The maximum absolute atomic E-state index is 13.6. The predicted octanol–water partition coefficient (Wildman–Crippen LogP) is 4.36. The molecular formula is C15H18BrClFNO. The van der Waals surface area contributed by atoms with E-state index in [-0.39, 0.29) is 11.5 Å². The Kier molecular flexibility index (Phi) is 5.85. The lowest BCUT2D eigenvalue weighted by Crippen LogP contribution is -2.35. The minimum atomic E-state index is -0.497. The number of carbonyl (C=O) groups excluding carboxylic acids is 1. The molecule has 2 atom stereocenters. The molecule has 1 saturated carbocycles. The molecule has 110 valence electrons. The van der Waals surface area contributed by atoms with Gasteiger partial charge in [0.05, 0.1) is 5.56 Å². The number of rotatable bonds is 4. The molecule has 0 radical (unpaired) electrons. The van der Waals surface area contributed by atoms with Gasteiger partial charge in [-0.2, -0.15) is 0 Å². The third-order valence-electron chi connectivity index (χ3n) is 3.96. The zero-order chi connectivity index (χ0) is 14.5. The van der Waals surface area contributed by atoms with Crippen molar-refractivity contribution in [2.45, 2.75) is 25.7 Å². The van der Waals surface area contributed by atoms with E-state index in [9.17, 15) is 9.18 Å². The number of hydrogen-bond acceptors (Lipinski definition) is 1. The van der Waals surface area contributed by atoms with Crippen molar-refractivity contribution in [3.8, 4) is 0 Å². The first-order valence-corrected chi connectivity index (χ1v) is 8.23. The van der Waals surface area contributed by atoms with Crippen molar-refractivity contribution in [1.29, 1.82) is 0 Å². The van der Waals surface area contributed by atoms with E-state index >= 15 is 0 Å². The van der Waals surface area contributed by atoms with E-state index in [2.05, 4.69) is 21.2 Å². The third kappa shape index (κ3) is 3.95. The summed E-state index contributed by atoms with van der Waals surface area (Å²) in [5, 5.41) is 2.84. The van der Waals surface area contributed by atoms with Crippen molar-refractivity contribution in [2.75, 3.05) is 12.4 Å². The molecule has 1 N–H and O–H groups in total. The monoisotopic (exact) mass is 361 g/mol. The lowest BCUT2D eigenvalue weighted by molar-refractivity contribution is 0.0932. The Bertz CT molecular complexity index is 483. The topological polar surface area (TPSA) is 29.1 Å². The number of halogens is 3. The van der Waals surface area contributed by atoms with Crippen LogP contribution in [-0.2, 0) is 0 Å². The van der Waals surface area contributed by atoms with E-state index in [1.807, 2.05) is 0 Å². The summed E-state index contributed by atoms with van der Waals surface area (Å²) in [6, 6.07) is 4.38. The molecule has 1 aliphatic carbocycles. The maximum Gasteiger partial charge on any atom is 0.254 e. The number of alkyl halides is 1. The van der Waals surface area contributed by atoms with Gasteiger partial charge in [-0.3, -0.25) is 4.79 Å². The summed E-state index contributed by atoms with van der Waals surface area (Å²) in [5.41, 5.74) is 0.0811. The number of benzene rings is 1. The molecule has 2 nitrogen and oxygen atoms in total. The van der Waals surface area contributed by atoms with Crippen LogP contribution < -0.4 is 5.32 Å². The zero-order valence-corrected chi connectivity index (χ0v) is 13.5. The Morgan fingerprint density at radius 3 is 2.75 bits per heavy atom. The van der Waals surface area contributed by atoms with Crippen LogP contribution in [0.3, 0.4) is 0 Å². The van der Waals surface area contributed by atoms with E-state index in [0.29, 0.717) is 28.7 Å². The van der Waals surface area contributed by atoms with Crippen molar-refractivity contribution in [1.82, 2.24) is 5.32 Å². The highest BCUT2D eigenvalue weighted by atomic mass is 79.9.